The number of benzene rings is 2. The lowest BCUT2D eigenvalue weighted by Gasteiger charge is -2.00. The van der Waals surface area contributed by atoms with Crippen molar-refractivity contribution in [2.45, 2.75) is 13.0 Å². The lowest BCUT2D eigenvalue weighted by molar-refractivity contribution is 0.865. The summed E-state index contributed by atoms with van der Waals surface area (Å²) in [5.41, 5.74) is 2.64. The topological polar surface area (TPSA) is 12.0 Å². The molecule has 1 nitrogen and oxygen atoms in total. The van der Waals surface area contributed by atoms with E-state index in [-0.39, 0.29) is 0 Å². The van der Waals surface area contributed by atoms with Crippen LogP contribution in [0.3, 0.4) is 0 Å². The van der Waals surface area contributed by atoms with E-state index < -0.39 is 0 Å². The second kappa shape index (κ2) is 6.54. The molecule has 0 fully saturated rings. The van der Waals surface area contributed by atoms with Crippen LogP contribution in [0, 0.1) is 0 Å². The van der Waals surface area contributed by atoms with E-state index in [0.29, 0.717) is 0 Å². The first-order valence-corrected chi connectivity index (χ1v) is 5.91. The molecule has 0 bridgehead atoms. The van der Waals surface area contributed by atoms with Gasteiger partial charge in [0, 0.05) is 6.54 Å². The molecule has 0 aliphatic carbocycles. The summed E-state index contributed by atoms with van der Waals surface area (Å²) in [4.78, 5) is 0. The summed E-state index contributed by atoms with van der Waals surface area (Å²) in [6.07, 6.45) is 5.15. The highest BCUT2D eigenvalue weighted by Gasteiger charge is 1.87. The van der Waals surface area contributed by atoms with Gasteiger partial charge in [0.25, 0.3) is 0 Å². The third-order valence-corrected chi connectivity index (χ3v) is 2.58. The van der Waals surface area contributed by atoms with Gasteiger partial charge >= 0.3 is 0 Å². The van der Waals surface area contributed by atoms with Crippen LogP contribution < -0.4 is 5.32 Å². The van der Waals surface area contributed by atoms with E-state index >= 15 is 0 Å². The Morgan fingerprint density at radius 2 is 1.35 bits per heavy atom. The van der Waals surface area contributed by atoms with E-state index in [9.17, 15) is 0 Å². The van der Waals surface area contributed by atoms with Crippen LogP contribution in [0.4, 0.5) is 0 Å². The van der Waals surface area contributed by atoms with E-state index in [4.69, 9.17) is 0 Å². The van der Waals surface area contributed by atoms with Gasteiger partial charge in [0.1, 0.15) is 0 Å². The molecule has 0 aliphatic heterocycles. The molecular weight excluding hydrogens is 206 g/mol. The maximum atomic E-state index is 3.29. The van der Waals surface area contributed by atoms with Crippen LogP contribution in [0.5, 0.6) is 0 Å². The standard InChI is InChI=1S/C16H17N/c1-3-8-15(9-4-1)12-7-13-17-14-16-10-5-2-6-11-16/h1-11,13,17H,12,14H2. The second-order valence-corrected chi connectivity index (χ2v) is 3.96. The fourth-order valence-corrected chi connectivity index (χ4v) is 1.67. The smallest absolute Gasteiger partial charge is 0.0395 e. The quantitative estimate of drug-likeness (QED) is 0.817. The molecule has 2 rings (SSSR count). The molecule has 0 amide bonds. The summed E-state index contributed by atoms with van der Waals surface area (Å²) < 4.78 is 0. The lowest BCUT2D eigenvalue weighted by Crippen LogP contribution is -2.03. The molecule has 0 unspecified atom stereocenters. The molecule has 0 saturated heterocycles. The predicted molar refractivity (Wildman–Crippen MR) is 72.6 cm³/mol. The summed E-state index contributed by atoms with van der Waals surface area (Å²) in [5.74, 6) is 0. The Bertz CT molecular complexity index is 445. The Kier molecular flexibility index (Phi) is 4.41. The van der Waals surface area contributed by atoms with Crippen molar-refractivity contribution in [1.29, 1.82) is 0 Å². The highest BCUT2D eigenvalue weighted by atomic mass is 14.8. The molecule has 1 N–H and O–H groups in total. The van der Waals surface area contributed by atoms with Gasteiger partial charge in [-0.25, -0.2) is 0 Å². The van der Waals surface area contributed by atoms with Gasteiger partial charge in [-0.1, -0.05) is 66.7 Å². The number of allylic oxidation sites excluding steroid dienone is 1. The Morgan fingerprint density at radius 1 is 0.765 bits per heavy atom. The van der Waals surface area contributed by atoms with E-state index in [1.165, 1.54) is 11.1 Å². The van der Waals surface area contributed by atoms with Crippen LogP contribution in [-0.4, -0.2) is 0 Å². The number of rotatable bonds is 5. The fraction of sp³-hybridized carbons (Fsp3) is 0.125. The minimum absolute atomic E-state index is 0.881. The normalized spacial score (nSPS) is 10.6. The SMILES string of the molecule is C(=CNCc1ccccc1)Cc1ccccc1. The molecule has 0 spiro atoms. The Labute approximate surface area is 103 Å². The van der Waals surface area contributed by atoms with Crippen LogP contribution >= 0.6 is 0 Å². The minimum atomic E-state index is 0.881. The van der Waals surface area contributed by atoms with E-state index in [1.807, 2.05) is 18.3 Å². The molecule has 0 heterocycles. The molecule has 0 radical (unpaired) electrons. The lowest BCUT2D eigenvalue weighted by atomic mass is 10.1. The van der Waals surface area contributed by atoms with Crippen molar-refractivity contribution in [3.63, 3.8) is 0 Å². The third kappa shape index (κ3) is 4.15. The van der Waals surface area contributed by atoms with Crippen molar-refractivity contribution in [3.8, 4) is 0 Å². The predicted octanol–water partition coefficient (Wildman–Crippen LogP) is 3.53. The Balaban J connectivity index is 1.72. The van der Waals surface area contributed by atoms with Gasteiger partial charge in [0.2, 0.25) is 0 Å². The average molecular weight is 223 g/mol. The molecule has 0 aliphatic rings. The van der Waals surface area contributed by atoms with Crippen molar-refractivity contribution < 1.29 is 0 Å². The zero-order valence-corrected chi connectivity index (χ0v) is 9.84. The summed E-state index contributed by atoms with van der Waals surface area (Å²) in [5, 5.41) is 3.29. The van der Waals surface area contributed by atoms with Gasteiger partial charge in [0.15, 0.2) is 0 Å². The zero-order valence-electron chi connectivity index (χ0n) is 9.84. The van der Waals surface area contributed by atoms with Gasteiger partial charge < -0.3 is 5.32 Å². The van der Waals surface area contributed by atoms with Crippen molar-refractivity contribution in [1.82, 2.24) is 5.32 Å². The first kappa shape index (κ1) is 11.5. The summed E-state index contributed by atoms with van der Waals surface area (Å²) in [6.45, 7) is 0.881. The number of hydrogen-bond donors (Lipinski definition) is 1. The van der Waals surface area contributed by atoms with Crippen molar-refractivity contribution in [3.05, 3.63) is 84.1 Å². The molecule has 17 heavy (non-hydrogen) atoms. The summed E-state index contributed by atoms with van der Waals surface area (Å²) in [6, 6.07) is 20.9. The highest BCUT2D eigenvalue weighted by molar-refractivity contribution is 5.18. The van der Waals surface area contributed by atoms with Gasteiger partial charge in [0.05, 0.1) is 0 Å². The molecule has 0 saturated carbocycles. The second-order valence-electron chi connectivity index (χ2n) is 3.96. The Morgan fingerprint density at radius 3 is 2.00 bits per heavy atom. The van der Waals surface area contributed by atoms with E-state index in [0.717, 1.165) is 13.0 Å². The summed E-state index contributed by atoms with van der Waals surface area (Å²) in [7, 11) is 0. The van der Waals surface area contributed by atoms with Gasteiger partial charge in [-0.3, -0.25) is 0 Å². The molecule has 2 aromatic rings. The minimum Gasteiger partial charge on any atom is -0.387 e. The van der Waals surface area contributed by atoms with Crippen LogP contribution in [0.15, 0.2) is 72.9 Å². The molecule has 86 valence electrons. The van der Waals surface area contributed by atoms with Crippen molar-refractivity contribution >= 4 is 0 Å². The van der Waals surface area contributed by atoms with E-state index in [1.54, 1.807) is 0 Å². The average Bonchev–Trinajstić information content (AvgIpc) is 2.41. The molecular formula is C16H17N. The Hall–Kier alpha value is -2.02. The van der Waals surface area contributed by atoms with Crippen LogP contribution in [0.25, 0.3) is 0 Å². The molecule has 1 heteroatoms. The van der Waals surface area contributed by atoms with Gasteiger partial charge in [-0.15, -0.1) is 0 Å². The van der Waals surface area contributed by atoms with Crippen LogP contribution in [0.1, 0.15) is 11.1 Å². The maximum Gasteiger partial charge on any atom is 0.0395 e. The highest BCUT2D eigenvalue weighted by Crippen LogP contribution is 2.00. The fourth-order valence-electron chi connectivity index (χ4n) is 1.67. The van der Waals surface area contributed by atoms with E-state index in [2.05, 4.69) is 59.9 Å². The number of hydrogen-bond acceptors (Lipinski definition) is 1. The monoisotopic (exact) mass is 223 g/mol. The molecule has 0 atom stereocenters. The first-order chi connectivity index (χ1) is 8.45. The number of nitrogens with one attached hydrogen (secondary N) is 1. The van der Waals surface area contributed by atoms with Gasteiger partial charge in [-0.2, -0.15) is 0 Å². The van der Waals surface area contributed by atoms with Gasteiger partial charge in [-0.05, 0) is 23.7 Å². The molecule has 2 aromatic carbocycles. The maximum absolute atomic E-state index is 3.29. The van der Waals surface area contributed by atoms with Crippen LogP contribution in [-0.2, 0) is 13.0 Å². The summed E-state index contributed by atoms with van der Waals surface area (Å²) >= 11 is 0. The first-order valence-electron chi connectivity index (χ1n) is 5.91. The van der Waals surface area contributed by atoms with Crippen molar-refractivity contribution in [2.75, 3.05) is 0 Å². The van der Waals surface area contributed by atoms with Crippen molar-refractivity contribution in [2.24, 2.45) is 0 Å². The van der Waals surface area contributed by atoms with Crippen LogP contribution in [0.2, 0.25) is 0 Å². The third-order valence-electron chi connectivity index (χ3n) is 2.58. The molecule has 0 aromatic heterocycles. The largest absolute Gasteiger partial charge is 0.387 e. The zero-order chi connectivity index (χ0) is 11.8.